The Bertz CT molecular complexity index is 663. The first-order valence-corrected chi connectivity index (χ1v) is 12.5. The number of carbonyl (C=O) groups excluding carboxylic acids is 2. The molecule has 2 aliphatic carbocycles. The topological polar surface area (TPSA) is 98.1 Å². The van der Waals surface area contributed by atoms with Gasteiger partial charge in [-0.15, -0.1) is 5.10 Å². The predicted octanol–water partition coefficient (Wildman–Crippen LogP) is -1.98. The van der Waals surface area contributed by atoms with Crippen molar-refractivity contribution in [1.82, 2.24) is 25.6 Å². The molecule has 27 heavy (non-hydrogen) atoms. The third-order valence-corrected chi connectivity index (χ3v) is 5.52. The van der Waals surface area contributed by atoms with Crippen molar-refractivity contribution in [2.24, 2.45) is 17.8 Å². The fourth-order valence-electron chi connectivity index (χ4n) is 4.01. The van der Waals surface area contributed by atoms with Crippen molar-refractivity contribution in [3.05, 3.63) is 11.4 Å². The van der Waals surface area contributed by atoms with Gasteiger partial charge in [0.25, 0.3) is 0 Å². The first kappa shape index (κ1) is 20.7. The number of thiol groups is 1. The van der Waals surface area contributed by atoms with Crippen LogP contribution in [0.2, 0.25) is 0 Å². The second kappa shape index (κ2) is 11.1. The Morgan fingerprint density at radius 2 is 2.04 bits per heavy atom. The van der Waals surface area contributed by atoms with Crippen LogP contribution < -0.4 is 31.6 Å². The van der Waals surface area contributed by atoms with E-state index in [-0.39, 0.29) is 12.0 Å². The molecule has 2 amide bonds. The standard InChI is InChI=1S/C17H27N5O3.H2IS/c1-18-16(23)4-3-9-22-15-8-6-12-11(5-7-14(15)20-21-22)13(12)10-25-17(24)19-2;1-2/h11-13H,3-10H2,1-2H3,(H,18,23)(H,19,24);1-2H/q;-1/t11-,12+,13-;/m0./s1/i;1D. The van der Waals surface area contributed by atoms with Crippen LogP contribution in [0.15, 0.2) is 0 Å². The molecule has 1 aromatic heterocycles. The van der Waals surface area contributed by atoms with Crippen LogP contribution in [0.5, 0.6) is 0 Å². The average Bonchev–Trinajstić information content (AvgIpc) is 3.19. The number of nitrogens with zero attached hydrogens (tertiary/aromatic N) is 3. The van der Waals surface area contributed by atoms with E-state index in [4.69, 9.17) is 5.33 Å². The molecule has 0 radical (unpaired) electrons. The van der Waals surface area contributed by atoms with Crippen molar-refractivity contribution < 1.29 is 35.3 Å². The van der Waals surface area contributed by atoms with Gasteiger partial charge in [0.2, 0.25) is 5.91 Å². The van der Waals surface area contributed by atoms with Gasteiger partial charge in [0, 0.05) is 27.1 Å². The predicted molar refractivity (Wildman–Crippen MR) is 101 cm³/mol. The molecule has 2 N–H and O–H groups in total. The fourth-order valence-corrected chi connectivity index (χ4v) is 4.01. The summed E-state index contributed by atoms with van der Waals surface area (Å²) in [5.74, 6) is 1.81. The van der Waals surface area contributed by atoms with E-state index in [1.807, 2.05) is 4.68 Å². The first-order chi connectivity index (χ1) is 13.5. The summed E-state index contributed by atoms with van der Waals surface area (Å²) < 4.78 is 13.4. The van der Waals surface area contributed by atoms with Gasteiger partial charge in [-0.3, -0.25) is 4.79 Å². The number of halogens is 1. The second-order valence-electron chi connectivity index (χ2n) is 6.90. The second-order valence-corrected chi connectivity index (χ2v) is 6.90. The molecule has 1 aromatic rings. The molecule has 154 valence electrons. The van der Waals surface area contributed by atoms with E-state index in [9.17, 15) is 9.59 Å². The van der Waals surface area contributed by atoms with Crippen molar-refractivity contribution >= 4 is 21.8 Å². The molecule has 3 rings (SSSR count). The minimum atomic E-state index is -0.466. The maximum atomic E-state index is 11.3. The summed E-state index contributed by atoms with van der Waals surface area (Å²) in [6.07, 6.45) is 4.98. The molecule has 2 aliphatic rings. The molecular formula is C17H29IN5O3S-. The van der Waals surface area contributed by atoms with Gasteiger partial charge in [0.15, 0.2) is 0 Å². The number of alkyl carbamates (subject to hydrolysis) is 1. The fraction of sp³-hybridized carbons (Fsp3) is 0.765. The first-order valence-electron chi connectivity index (χ1n) is 9.65. The molecule has 1 saturated carbocycles. The summed E-state index contributed by atoms with van der Waals surface area (Å²) in [5.41, 5.74) is 2.31. The average molecular weight is 511 g/mol. The van der Waals surface area contributed by atoms with Crippen LogP contribution in [0.1, 0.15) is 37.1 Å². The van der Waals surface area contributed by atoms with Crippen LogP contribution in [0, 0.1) is 17.8 Å². The van der Waals surface area contributed by atoms with Crippen LogP contribution in [-0.2, 0) is 28.9 Å². The van der Waals surface area contributed by atoms with Crippen LogP contribution >= 0.6 is 9.80 Å². The number of hydrogen-bond acceptors (Lipinski definition) is 6. The monoisotopic (exact) mass is 511 g/mol. The number of ether oxygens (including phenoxy) is 1. The molecule has 0 aromatic carbocycles. The summed E-state index contributed by atoms with van der Waals surface area (Å²) in [6.45, 7) is 1.24. The van der Waals surface area contributed by atoms with E-state index in [1.165, 1.54) is 5.69 Å². The molecular weight excluding hydrogens is 481 g/mol. The van der Waals surface area contributed by atoms with Crippen LogP contribution in [0.3, 0.4) is 0 Å². The molecule has 1 fully saturated rings. The molecule has 0 aliphatic heterocycles. The molecule has 3 atom stereocenters. The molecule has 0 saturated heterocycles. The molecule has 1 heterocycles. The number of rotatable bonds is 6. The van der Waals surface area contributed by atoms with Crippen molar-refractivity contribution in [1.29, 1.82) is 0.594 Å². The Labute approximate surface area is 178 Å². The maximum absolute atomic E-state index is 11.3. The van der Waals surface area contributed by atoms with E-state index in [0.717, 1.165) is 44.3 Å². The van der Waals surface area contributed by atoms with Gasteiger partial charge in [-0.1, -0.05) is 5.21 Å². The number of fused-ring (bicyclic) bond motifs is 2. The SMILES string of the molecule is CNC(=O)CCCn1nnc2c1CC[C@@H]1[C@H](CC2)[C@@H]1COC(=O)NC.[2H][I-]S. The Hall–Kier alpha value is -1.04. The minimum absolute atomic E-state index is 0.0581. The Kier molecular flexibility index (Phi) is 8.49. The zero-order valence-electron chi connectivity index (χ0n) is 16.8. The summed E-state index contributed by atoms with van der Waals surface area (Å²) in [5, 5.41) is 13.8. The van der Waals surface area contributed by atoms with Gasteiger partial charge in [0.1, 0.15) is 0 Å². The van der Waals surface area contributed by atoms with Crippen molar-refractivity contribution in [3.63, 3.8) is 0 Å². The molecule has 0 unspecified atom stereocenters. The molecule has 0 bridgehead atoms. The summed E-state index contributed by atoms with van der Waals surface area (Å²) in [6, 6.07) is 0. The number of nitrogens with one attached hydrogen (secondary N) is 2. The van der Waals surface area contributed by atoms with E-state index < -0.39 is 21.0 Å². The van der Waals surface area contributed by atoms with Crippen LogP contribution in [0.25, 0.3) is 0 Å². The quantitative estimate of drug-likeness (QED) is 0.304. The van der Waals surface area contributed by atoms with E-state index in [0.29, 0.717) is 30.8 Å². The van der Waals surface area contributed by atoms with E-state index in [2.05, 4.69) is 30.7 Å². The van der Waals surface area contributed by atoms with Gasteiger partial charge in [-0.2, -0.15) is 0 Å². The van der Waals surface area contributed by atoms with Gasteiger partial charge < -0.3 is 15.4 Å². The number of aromatic nitrogens is 3. The Morgan fingerprint density at radius 3 is 2.70 bits per heavy atom. The zero-order chi connectivity index (χ0) is 20.5. The summed E-state index contributed by atoms with van der Waals surface area (Å²) in [4.78, 5) is 22.6. The zero-order valence-corrected chi connectivity index (χ0v) is 18.8. The number of carbonyl (C=O) groups is 2. The third-order valence-electron chi connectivity index (χ3n) is 5.52. The summed E-state index contributed by atoms with van der Waals surface area (Å²) in [7, 11) is 6.80. The Morgan fingerprint density at radius 1 is 1.33 bits per heavy atom. The summed E-state index contributed by atoms with van der Waals surface area (Å²) >= 11 is -0.466. The van der Waals surface area contributed by atoms with Crippen molar-refractivity contribution in [2.75, 3.05) is 20.7 Å². The van der Waals surface area contributed by atoms with Gasteiger partial charge in [-0.05, 0) is 49.9 Å². The van der Waals surface area contributed by atoms with Crippen molar-refractivity contribution in [3.8, 4) is 0 Å². The van der Waals surface area contributed by atoms with E-state index in [1.54, 1.807) is 14.1 Å². The van der Waals surface area contributed by atoms with E-state index >= 15 is 0 Å². The molecule has 8 nitrogen and oxygen atoms in total. The van der Waals surface area contributed by atoms with Gasteiger partial charge in [0.05, 0.1) is 18.0 Å². The molecule has 10 heteroatoms. The number of hydrogen-bond donors (Lipinski definition) is 3. The number of aryl methyl sites for hydroxylation is 2. The Balaban J connectivity index is 0.000000878. The van der Waals surface area contributed by atoms with Crippen LogP contribution in [0.4, 0.5) is 4.79 Å². The van der Waals surface area contributed by atoms with Gasteiger partial charge >= 0.3 is 37.5 Å². The van der Waals surface area contributed by atoms with Crippen LogP contribution in [-0.4, -0.2) is 48.3 Å². The molecule has 0 spiro atoms. The number of amides is 2. The normalized spacial score (nSPS) is 23.4. The van der Waals surface area contributed by atoms with Gasteiger partial charge in [-0.25, -0.2) is 9.48 Å². The third kappa shape index (κ3) is 5.97. The van der Waals surface area contributed by atoms with Crippen molar-refractivity contribution in [2.45, 2.75) is 45.1 Å².